The highest BCUT2D eigenvalue weighted by Gasteiger charge is 2.18. The number of nitrogens with zero attached hydrogens (tertiary/aromatic N) is 6. The lowest BCUT2D eigenvalue weighted by molar-refractivity contribution is 1.28. The molecule has 6 nitrogen and oxygen atoms in total. The Balaban J connectivity index is 1.71. The molecule has 5 rings (SSSR count). The van der Waals surface area contributed by atoms with Crippen LogP contribution in [0.3, 0.4) is 0 Å². The Morgan fingerprint density at radius 1 is 0.436 bits per heavy atom. The van der Waals surface area contributed by atoms with Crippen LogP contribution in [0.1, 0.15) is 27.8 Å². The third-order valence-electron chi connectivity index (χ3n) is 6.41. The van der Waals surface area contributed by atoms with E-state index < -0.39 is 0 Å². The quantitative estimate of drug-likeness (QED) is 0.257. The fraction of sp³-hybridized carbons (Fsp3) is 0. The van der Waals surface area contributed by atoms with Crippen LogP contribution in [0.5, 0.6) is 0 Å². The van der Waals surface area contributed by atoms with Crippen molar-refractivity contribution in [3.05, 3.63) is 125 Å². The molecule has 0 aliphatic carbocycles. The van der Waals surface area contributed by atoms with Gasteiger partial charge in [0.05, 0.1) is 51.7 Å². The number of hydrogen-bond donors (Lipinski definition) is 0. The summed E-state index contributed by atoms with van der Waals surface area (Å²) in [7, 11) is 0. The van der Waals surface area contributed by atoms with E-state index in [1.807, 2.05) is 59.5 Å². The van der Waals surface area contributed by atoms with E-state index in [4.69, 9.17) is 0 Å². The van der Waals surface area contributed by atoms with E-state index in [-0.39, 0.29) is 11.1 Å². The molecule has 178 valence electrons. The van der Waals surface area contributed by atoms with E-state index in [0.29, 0.717) is 22.4 Å². The lowest BCUT2D eigenvalue weighted by Crippen LogP contribution is -2.11. The van der Waals surface area contributed by atoms with Gasteiger partial charge in [-0.05, 0) is 71.8 Å². The van der Waals surface area contributed by atoms with E-state index in [9.17, 15) is 26.3 Å². The summed E-state index contributed by atoms with van der Waals surface area (Å²) in [6.07, 6.45) is 0. The molecular weight excluding hydrogens is 480 g/mol. The van der Waals surface area contributed by atoms with Crippen molar-refractivity contribution in [2.24, 2.45) is 0 Å². The van der Waals surface area contributed by atoms with Gasteiger partial charge in [0.15, 0.2) is 0 Å². The van der Waals surface area contributed by atoms with Crippen molar-refractivity contribution in [2.75, 3.05) is 4.90 Å². The van der Waals surface area contributed by atoms with Gasteiger partial charge in [0, 0.05) is 22.1 Å². The third-order valence-corrected chi connectivity index (χ3v) is 6.41. The average molecular weight is 497 g/mol. The van der Waals surface area contributed by atoms with E-state index in [0.717, 1.165) is 33.3 Å². The first kappa shape index (κ1) is 24.3. The third kappa shape index (κ3) is 4.48. The van der Waals surface area contributed by atoms with E-state index in [1.54, 1.807) is 42.5 Å². The van der Waals surface area contributed by atoms with Gasteiger partial charge in [-0.15, -0.1) is 0 Å². The fourth-order valence-electron chi connectivity index (χ4n) is 4.59. The lowest BCUT2D eigenvalue weighted by Gasteiger charge is -2.27. The Morgan fingerprint density at radius 2 is 1.03 bits per heavy atom. The molecule has 0 bridgehead atoms. The molecule has 0 aliphatic heterocycles. The van der Waals surface area contributed by atoms with Crippen LogP contribution in [0.25, 0.3) is 21.9 Å². The van der Waals surface area contributed by atoms with E-state index in [2.05, 4.69) is 30.3 Å². The zero-order valence-corrected chi connectivity index (χ0v) is 20.4. The summed E-state index contributed by atoms with van der Waals surface area (Å²) in [5.41, 5.74) is 5.72. The zero-order valence-electron chi connectivity index (χ0n) is 20.4. The predicted molar refractivity (Wildman–Crippen MR) is 148 cm³/mol. The smallest absolute Gasteiger partial charge is 0.101 e. The molecule has 0 radical (unpaired) electrons. The van der Waals surface area contributed by atoms with Gasteiger partial charge in [-0.25, -0.2) is 0 Å². The molecule has 0 saturated heterocycles. The normalized spacial score (nSPS) is 9.92. The van der Waals surface area contributed by atoms with Crippen LogP contribution in [0.2, 0.25) is 0 Å². The average Bonchev–Trinajstić information content (AvgIpc) is 3.01. The van der Waals surface area contributed by atoms with Crippen molar-refractivity contribution < 1.29 is 0 Å². The molecule has 0 aromatic heterocycles. The Kier molecular flexibility index (Phi) is 6.42. The summed E-state index contributed by atoms with van der Waals surface area (Å²) >= 11 is 0. The minimum Gasteiger partial charge on any atom is -0.310 e. The molecule has 0 fully saturated rings. The molecule has 5 aromatic carbocycles. The van der Waals surface area contributed by atoms with Crippen molar-refractivity contribution in [3.8, 4) is 41.5 Å². The number of fused-ring (bicyclic) bond motifs is 1. The molecule has 39 heavy (non-hydrogen) atoms. The van der Waals surface area contributed by atoms with Gasteiger partial charge in [-0.3, -0.25) is 0 Å². The van der Waals surface area contributed by atoms with Crippen molar-refractivity contribution in [2.45, 2.75) is 0 Å². The zero-order chi connectivity index (χ0) is 27.4. The molecule has 0 saturated carbocycles. The molecular formula is C33H16N6. The second-order valence-corrected chi connectivity index (χ2v) is 8.65. The van der Waals surface area contributed by atoms with Crippen molar-refractivity contribution >= 4 is 27.8 Å². The van der Waals surface area contributed by atoms with Crippen LogP contribution >= 0.6 is 0 Å². The van der Waals surface area contributed by atoms with Crippen LogP contribution in [-0.4, -0.2) is 0 Å². The van der Waals surface area contributed by atoms with Gasteiger partial charge in [0.25, 0.3) is 0 Å². The van der Waals surface area contributed by atoms with Gasteiger partial charge >= 0.3 is 0 Å². The standard InChI is InChI=1S/C33H16N6/c34-17-22-13-23(18-35)15-27(14-22)24-5-9-29(10-6-24)39(30-11-7-25(19-36)28(16-30)21-38)33-12-8-26(20-37)31-3-1-2-4-32(31)33/h1-16H. The second-order valence-electron chi connectivity index (χ2n) is 8.65. The number of nitriles is 5. The van der Waals surface area contributed by atoms with Crippen LogP contribution in [0, 0.1) is 56.7 Å². The van der Waals surface area contributed by atoms with Crippen LogP contribution in [0.15, 0.2) is 97.1 Å². The Hall–Kier alpha value is -6.39. The van der Waals surface area contributed by atoms with Gasteiger partial charge in [0.1, 0.15) is 12.1 Å². The van der Waals surface area contributed by atoms with Gasteiger partial charge in [-0.1, -0.05) is 36.4 Å². The maximum absolute atomic E-state index is 9.68. The number of rotatable bonds is 4. The van der Waals surface area contributed by atoms with Crippen molar-refractivity contribution in [1.82, 2.24) is 0 Å². The van der Waals surface area contributed by atoms with E-state index in [1.165, 1.54) is 0 Å². The minimum absolute atomic E-state index is 0.256. The second kappa shape index (κ2) is 10.3. The molecule has 0 atom stereocenters. The predicted octanol–water partition coefficient (Wildman–Crippen LogP) is 7.34. The summed E-state index contributed by atoms with van der Waals surface area (Å²) in [5.74, 6) is 0. The van der Waals surface area contributed by atoms with Crippen LogP contribution in [0.4, 0.5) is 17.1 Å². The number of hydrogen-bond acceptors (Lipinski definition) is 6. The summed E-state index contributed by atoms with van der Waals surface area (Å²) in [4.78, 5) is 1.97. The highest BCUT2D eigenvalue weighted by atomic mass is 15.1. The maximum atomic E-state index is 9.68. The summed E-state index contributed by atoms with van der Waals surface area (Å²) < 4.78 is 0. The Bertz CT molecular complexity index is 1940. The highest BCUT2D eigenvalue weighted by molar-refractivity contribution is 6.01. The molecule has 6 heteroatoms. The first-order valence-corrected chi connectivity index (χ1v) is 11.8. The largest absolute Gasteiger partial charge is 0.310 e. The summed E-state index contributed by atoms with van der Waals surface area (Å²) in [5, 5.41) is 49.2. The Morgan fingerprint density at radius 3 is 1.64 bits per heavy atom. The fourth-order valence-corrected chi connectivity index (χ4v) is 4.59. The molecule has 0 unspecified atom stereocenters. The highest BCUT2D eigenvalue weighted by Crippen LogP contribution is 2.40. The van der Waals surface area contributed by atoms with E-state index >= 15 is 0 Å². The van der Waals surface area contributed by atoms with Crippen LogP contribution < -0.4 is 4.90 Å². The molecule has 0 aliphatic rings. The topological polar surface area (TPSA) is 122 Å². The number of benzene rings is 5. The first-order chi connectivity index (χ1) is 19.1. The van der Waals surface area contributed by atoms with Crippen molar-refractivity contribution in [3.63, 3.8) is 0 Å². The first-order valence-electron chi connectivity index (χ1n) is 11.8. The van der Waals surface area contributed by atoms with Gasteiger partial charge in [0.2, 0.25) is 0 Å². The SMILES string of the molecule is N#Cc1cc(C#N)cc(-c2ccc(N(c3ccc(C#N)c(C#N)c3)c3ccc(C#N)c4ccccc34)cc2)c1. The molecule has 0 heterocycles. The van der Waals surface area contributed by atoms with Gasteiger partial charge < -0.3 is 4.90 Å². The van der Waals surface area contributed by atoms with Crippen molar-refractivity contribution in [1.29, 1.82) is 26.3 Å². The molecule has 5 aromatic rings. The lowest BCUT2D eigenvalue weighted by atomic mass is 9.99. The molecule has 0 amide bonds. The maximum Gasteiger partial charge on any atom is 0.101 e. The minimum atomic E-state index is 0.256. The summed E-state index contributed by atoms with van der Waals surface area (Å²) in [6, 6.07) is 39.6. The molecule has 0 spiro atoms. The Labute approximate surface area is 225 Å². The van der Waals surface area contributed by atoms with Gasteiger partial charge in [-0.2, -0.15) is 26.3 Å². The summed E-state index contributed by atoms with van der Waals surface area (Å²) in [6.45, 7) is 0. The molecule has 0 N–H and O–H groups in total. The van der Waals surface area contributed by atoms with Crippen LogP contribution in [-0.2, 0) is 0 Å². The monoisotopic (exact) mass is 496 g/mol. The number of anilines is 3.